The van der Waals surface area contributed by atoms with E-state index in [2.05, 4.69) is 15.2 Å². The molecular weight excluding hydrogens is 372 g/mol. The average molecular weight is 389 g/mol. The van der Waals surface area contributed by atoms with E-state index in [1.54, 1.807) is 43.4 Å². The SMILES string of the molecule is CN(Cc1ccc(OC(F)F)cc1)C(=O)Cn1nnn(-c2ccccc2)c1=O. The lowest BCUT2D eigenvalue weighted by atomic mass is 10.2. The number of benzene rings is 2. The van der Waals surface area contributed by atoms with Crippen molar-refractivity contribution < 1.29 is 18.3 Å². The Morgan fingerprint density at radius 2 is 1.79 bits per heavy atom. The number of para-hydroxylation sites is 1. The summed E-state index contributed by atoms with van der Waals surface area (Å²) >= 11 is 0. The van der Waals surface area contributed by atoms with Crippen molar-refractivity contribution in [3.05, 3.63) is 70.6 Å². The number of carbonyl (C=O) groups is 1. The van der Waals surface area contributed by atoms with Gasteiger partial charge in [-0.2, -0.15) is 18.1 Å². The number of amides is 1. The predicted molar refractivity (Wildman–Crippen MR) is 95.2 cm³/mol. The zero-order valence-electron chi connectivity index (χ0n) is 14.9. The molecule has 0 spiro atoms. The first-order valence-electron chi connectivity index (χ1n) is 8.30. The maximum Gasteiger partial charge on any atom is 0.387 e. The molecule has 146 valence electrons. The number of nitrogens with zero attached hydrogens (tertiary/aromatic N) is 5. The molecule has 1 heterocycles. The van der Waals surface area contributed by atoms with Gasteiger partial charge in [-0.3, -0.25) is 4.79 Å². The van der Waals surface area contributed by atoms with Gasteiger partial charge < -0.3 is 9.64 Å². The fourth-order valence-corrected chi connectivity index (χ4v) is 2.49. The van der Waals surface area contributed by atoms with E-state index in [4.69, 9.17) is 0 Å². The maximum atomic E-state index is 12.4. The summed E-state index contributed by atoms with van der Waals surface area (Å²) in [5.41, 5.74) is 0.741. The Morgan fingerprint density at radius 1 is 1.11 bits per heavy atom. The molecule has 28 heavy (non-hydrogen) atoms. The number of aromatic nitrogens is 4. The number of hydrogen-bond donors (Lipinski definition) is 0. The molecule has 0 fully saturated rings. The molecule has 0 aliphatic heterocycles. The number of halogens is 2. The molecule has 0 radical (unpaired) electrons. The van der Waals surface area contributed by atoms with Crippen LogP contribution in [0.4, 0.5) is 8.78 Å². The zero-order chi connectivity index (χ0) is 20.1. The van der Waals surface area contributed by atoms with E-state index in [1.807, 2.05) is 6.07 Å². The van der Waals surface area contributed by atoms with Gasteiger partial charge in [0, 0.05) is 13.6 Å². The summed E-state index contributed by atoms with van der Waals surface area (Å²) in [6, 6.07) is 14.7. The molecule has 0 unspecified atom stereocenters. The summed E-state index contributed by atoms with van der Waals surface area (Å²) in [5, 5.41) is 7.53. The van der Waals surface area contributed by atoms with E-state index in [1.165, 1.54) is 17.0 Å². The minimum atomic E-state index is -2.89. The minimum absolute atomic E-state index is 0.0387. The van der Waals surface area contributed by atoms with E-state index < -0.39 is 12.3 Å². The fourth-order valence-electron chi connectivity index (χ4n) is 2.49. The standard InChI is InChI=1S/C18H17F2N5O3/c1-23(11-13-7-9-15(10-8-13)28-17(19)20)16(26)12-24-18(27)25(22-21-24)14-5-3-2-4-6-14/h2-10,17H,11-12H2,1H3. The molecule has 2 aromatic carbocycles. The van der Waals surface area contributed by atoms with E-state index in [9.17, 15) is 18.4 Å². The number of alkyl halides is 2. The fraction of sp³-hybridized carbons (Fsp3) is 0.222. The van der Waals surface area contributed by atoms with Crippen molar-refractivity contribution in [2.24, 2.45) is 0 Å². The molecule has 1 aromatic heterocycles. The largest absolute Gasteiger partial charge is 0.435 e. The molecular formula is C18H17F2N5O3. The van der Waals surface area contributed by atoms with Crippen LogP contribution in [0.5, 0.6) is 5.75 Å². The summed E-state index contributed by atoms with van der Waals surface area (Å²) in [7, 11) is 1.57. The summed E-state index contributed by atoms with van der Waals surface area (Å²) in [5.74, 6) is -0.313. The minimum Gasteiger partial charge on any atom is -0.435 e. The van der Waals surface area contributed by atoms with Gasteiger partial charge in [0.2, 0.25) is 5.91 Å². The highest BCUT2D eigenvalue weighted by Crippen LogP contribution is 2.15. The van der Waals surface area contributed by atoms with Crippen LogP contribution in [-0.4, -0.2) is 44.3 Å². The highest BCUT2D eigenvalue weighted by atomic mass is 19.3. The topological polar surface area (TPSA) is 82.2 Å². The van der Waals surface area contributed by atoms with E-state index in [0.29, 0.717) is 5.69 Å². The molecule has 0 saturated heterocycles. The second kappa shape index (κ2) is 8.42. The third kappa shape index (κ3) is 4.58. The van der Waals surface area contributed by atoms with E-state index in [0.717, 1.165) is 14.9 Å². The van der Waals surface area contributed by atoms with E-state index >= 15 is 0 Å². The first kappa shape index (κ1) is 19.2. The second-order valence-corrected chi connectivity index (χ2v) is 5.94. The average Bonchev–Trinajstić information content (AvgIpc) is 3.04. The molecule has 0 bridgehead atoms. The monoisotopic (exact) mass is 389 g/mol. The smallest absolute Gasteiger partial charge is 0.387 e. The first-order chi connectivity index (χ1) is 13.4. The van der Waals surface area contributed by atoms with Gasteiger partial charge in [0.15, 0.2) is 0 Å². The van der Waals surface area contributed by atoms with Crippen molar-refractivity contribution in [2.45, 2.75) is 19.7 Å². The van der Waals surface area contributed by atoms with Crippen molar-refractivity contribution in [3.8, 4) is 11.4 Å². The third-order valence-electron chi connectivity index (χ3n) is 3.92. The van der Waals surface area contributed by atoms with Gasteiger partial charge in [-0.05, 0) is 40.3 Å². The lowest BCUT2D eigenvalue weighted by Gasteiger charge is -2.17. The van der Waals surface area contributed by atoms with Crippen LogP contribution < -0.4 is 10.4 Å². The Labute approximate surface area is 158 Å². The molecule has 0 saturated carbocycles. The predicted octanol–water partition coefficient (Wildman–Crippen LogP) is 1.69. The Morgan fingerprint density at radius 3 is 2.43 bits per heavy atom. The van der Waals surface area contributed by atoms with Gasteiger partial charge in [0.25, 0.3) is 0 Å². The van der Waals surface area contributed by atoms with Crippen LogP contribution in [0.1, 0.15) is 5.56 Å². The van der Waals surface area contributed by atoms with Crippen molar-refractivity contribution in [2.75, 3.05) is 7.05 Å². The molecule has 1 amide bonds. The Balaban J connectivity index is 1.63. The number of ether oxygens (including phenoxy) is 1. The van der Waals surface area contributed by atoms with Gasteiger partial charge >= 0.3 is 12.3 Å². The molecule has 3 rings (SSSR count). The summed E-state index contributed by atoms with van der Waals surface area (Å²) < 4.78 is 30.7. The van der Waals surface area contributed by atoms with Crippen LogP contribution >= 0.6 is 0 Å². The van der Waals surface area contributed by atoms with Crippen LogP contribution in [0.3, 0.4) is 0 Å². The maximum absolute atomic E-state index is 12.4. The van der Waals surface area contributed by atoms with Crippen LogP contribution in [0.25, 0.3) is 5.69 Å². The first-order valence-corrected chi connectivity index (χ1v) is 8.30. The number of tetrazole rings is 1. The van der Waals surface area contributed by atoms with Gasteiger partial charge in [0.05, 0.1) is 5.69 Å². The highest BCUT2D eigenvalue weighted by Gasteiger charge is 2.15. The van der Waals surface area contributed by atoms with Crippen molar-refractivity contribution in [1.82, 2.24) is 24.7 Å². The molecule has 10 heteroatoms. The van der Waals surface area contributed by atoms with Crippen LogP contribution in [-0.2, 0) is 17.9 Å². The van der Waals surface area contributed by atoms with E-state index in [-0.39, 0.29) is 24.7 Å². The zero-order valence-corrected chi connectivity index (χ0v) is 14.9. The van der Waals surface area contributed by atoms with Crippen LogP contribution in [0, 0.1) is 0 Å². The molecule has 0 aliphatic rings. The van der Waals surface area contributed by atoms with Crippen molar-refractivity contribution in [1.29, 1.82) is 0 Å². The molecule has 0 atom stereocenters. The number of carbonyl (C=O) groups excluding carboxylic acids is 1. The molecule has 0 N–H and O–H groups in total. The summed E-state index contributed by atoms with van der Waals surface area (Å²) in [4.78, 5) is 26.2. The van der Waals surface area contributed by atoms with Gasteiger partial charge in [0.1, 0.15) is 12.3 Å². The quantitative estimate of drug-likeness (QED) is 0.614. The lowest BCUT2D eigenvalue weighted by molar-refractivity contribution is -0.131. The van der Waals surface area contributed by atoms with Crippen LogP contribution in [0.2, 0.25) is 0 Å². The molecule has 0 aliphatic carbocycles. The lowest BCUT2D eigenvalue weighted by Crippen LogP contribution is -2.34. The summed E-state index contributed by atoms with van der Waals surface area (Å²) in [6.45, 7) is -2.93. The normalized spacial score (nSPS) is 10.9. The number of hydrogen-bond acceptors (Lipinski definition) is 5. The van der Waals surface area contributed by atoms with Gasteiger partial charge in [-0.15, -0.1) is 0 Å². The van der Waals surface area contributed by atoms with Crippen molar-refractivity contribution >= 4 is 5.91 Å². The Bertz CT molecular complexity index is 986. The van der Waals surface area contributed by atoms with Crippen LogP contribution in [0.15, 0.2) is 59.4 Å². The Hall–Kier alpha value is -3.56. The molecule has 3 aromatic rings. The second-order valence-electron chi connectivity index (χ2n) is 5.94. The Kier molecular flexibility index (Phi) is 5.78. The third-order valence-corrected chi connectivity index (χ3v) is 3.92. The molecule has 8 nitrogen and oxygen atoms in total. The van der Waals surface area contributed by atoms with Crippen molar-refractivity contribution in [3.63, 3.8) is 0 Å². The number of rotatable bonds is 7. The number of likely N-dealkylation sites (N-methyl/N-ethyl adjacent to an activating group) is 1. The summed E-state index contributed by atoms with van der Waals surface area (Å²) in [6.07, 6.45) is 0. The van der Waals surface area contributed by atoms with Gasteiger partial charge in [-0.25, -0.2) is 4.79 Å². The van der Waals surface area contributed by atoms with Gasteiger partial charge in [-0.1, -0.05) is 30.3 Å². The highest BCUT2D eigenvalue weighted by molar-refractivity contribution is 5.75.